The maximum atomic E-state index is 14.5. The van der Waals surface area contributed by atoms with Crippen molar-refractivity contribution in [3.63, 3.8) is 0 Å². The maximum Gasteiger partial charge on any atom is 0.296 e. The molecule has 0 radical (unpaired) electrons. The van der Waals surface area contributed by atoms with Crippen LogP contribution in [0.2, 0.25) is 0 Å². The van der Waals surface area contributed by atoms with E-state index in [9.17, 15) is 9.36 Å². The van der Waals surface area contributed by atoms with Gasteiger partial charge >= 0.3 is 0 Å². The molecule has 1 aliphatic carbocycles. The van der Waals surface area contributed by atoms with E-state index in [1.54, 1.807) is 12.1 Å². The monoisotopic (exact) mass is 426 g/mol. The van der Waals surface area contributed by atoms with E-state index in [1.165, 1.54) is 0 Å². The van der Waals surface area contributed by atoms with Gasteiger partial charge in [-0.1, -0.05) is 82.6 Å². The second-order valence-electron chi connectivity index (χ2n) is 9.07. The molecule has 2 aromatic rings. The number of rotatable bonds is 8. The minimum atomic E-state index is -3.71. The van der Waals surface area contributed by atoms with Crippen molar-refractivity contribution in [3.8, 4) is 0 Å². The molecule has 0 N–H and O–H groups in total. The Hall–Kier alpha value is -1.70. The highest BCUT2D eigenvalue weighted by Crippen LogP contribution is 2.55. The Morgan fingerprint density at radius 1 is 1.03 bits per heavy atom. The van der Waals surface area contributed by atoms with Crippen LogP contribution < -0.4 is 5.30 Å². The summed E-state index contributed by atoms with van der Waals surface area (Å²) in [6, 6.07) is 18.8. The van der Waals surface area contributed by atoms with E-state index in [0.29, 0.717) is 29.5 Å². The number of carbonyl (C=O) groups is 1. The average molecular weight is 427 g/mol. The van der Waals surface area contributed by atoms with Crippen LogP contribution in [0.1, 0.15) is 64.9 Å². The number of hydrogen-bond donors (Lipinski definition) is 0. The topological polar surface area (TPSA) is 43.4 Å². The summed E-state index contributed by atoms with van der Waals surface area (Å²) in [5.41, 5.74) is 0.630. The van der Waals surface area contributed by atoms with Crippen LogP contribution in [-0.4, -0.2) is 11.6 Å². The molecule has 0 spiro atoms. The molecule has 3 rings (SSSR count). The van der Waals surface area contributed by atoms with Crippen LogP contribution in [0.3, 0.4) is 0 Å². The zero-order valence-electron chi connectivity index (χ0n) is 18.7. The summed E-state index contributed by atoms with van der Waals surface area (Å²) in [5.74, 6) is 0.830. The normalized spacial score (nSPS) is 24.9. The SMILES string of the molecule is CCC(C(=O)[P@@](=O)(O[C@@H]1C[C@H](C)CC[C@H]1C(C)C)c1ccccc1)c1ccccc1. The first-order chi connectivity index (χ1) is 14.4. The van der Waals surface area contributed by atoms with Crippen LogP contribution in [0.5, 0.6) is 0 Å². The highest BCUT2D eigenvalue weighted by Gasteiger charge is 2.44. The van der Waals surface area contributed by atoms with Gasteiger partial charge in [-0.05, 0) is 54.7 Å². The van der Waals surface area contributed by atoms with Crippen LogP contribution in [0.25, 0.3) is 0 Å². The van der Waals surface area contributed by atoms with Crippen LogP contribution in [0.4, 0.5) is 0 Å². The van der Waals surface area contributed by atoms with Gasteiger partial charge in [-0.2, -0.15) is 0 Å². The zero-order chi connectivity index (χ0) is 21.7. The smallest absolute Gasteiger partial charge is 0.296 e. The lowest BCUT2D eigenvalue weighted by Crippen LogP contribution is -2.36. The summed E-state index contributed by atoms with van der Waals surface area (Å²) in [6.45, 7) is 8.60. The van der Waals surface area contributed by atoms with Gasteiger partial charge in [0.15, 0.2) is 0 Å². The first-order valence-electron chi connectivity index (χ1n) is 11.3. The van der Waals surface area contributed by atoms with E-state index in [2.05, 4.69) is 20.8 Å². The van der Waals surface area contributed by atoms with Crippen molar-refractivity contribution in [3.05, 3.63) is 66.2 Å². The van der Waals surface area contributed by atoms with Crippen LogP contribution >= 0.6 is 7.37 Å². The molecule has 3 nitrogen and oxygen atoms in total. The first kappa shape index (κ1) is 23.0. The number of hydrogen-bond acceptors (Lipinski definition) is 3. The Morgan fingerprint density at radius 2 is 1.63 bits per heavy atom. The molecule has 30 heavy (non-hydrogen) atoms. The standard InChI is InChI=1S/C26H35O3P/c1-5-23(21-12-8-6-9-13-21)26(27)30(28,22-14-10-7-11-15-22)29-25-18-20(4)16-17-24(25)19(2)3/h6-15,19-20,23-25H,5,16-18H2,1-4H3/t20-,23?,24+,25-,30+/m1/s1. The van der Waals surface area contributed by atoms with Crippen molar-refractivity contribution in [2.45, 2.75) is 65.4 Å². The molecular weight excluding hydrogens is 391 g/mol. The molecule has 1 unspecified atom stereocenters. The fraction of sp³-hybridized carbons (Fsp3) is 0.500. The van der Waals surface area contributed by atoms with Crippen molar-refractivity contribution in [1.82, 2.24) is 0 Å². The average Bonchev–Trinajstić information content (AvgIpc) is 2.75. The minimum absolute atomic E-state index is 0.156. The van der Waals surface area contributed by atoms with E-state index < -0.39 is 13.3 Å². The Kier molecular flexibility index (Phi) is 7.71. The second kappa shape index (κ2) is 10.1. The van der Waals surface area contributed by atoms with Gasteiger partial charge in [-0.15, -0.1) is 0 Å². The summed E-state index contributed by atoms with van der Waals surface area (Å²) in [5, 5.41) is 0.519. The predicted molar refractivity (Wildman–Crippen MR) is 124 cm³/mol. The molecule has 1 saturated carbocycles. The summed E-state index contributed by atoms with van der Waals surface area (Å²) in [6.07, 6.45) is 3.51. The largest absolute Gasteiger partial charge is 0.316 e. The lowest BCUT2D eigenvalue weighted by Gasteiger charge is -2.39. The van der Waals surface area contributed by atoms with Crippen LogP contribution in [0, 0.1) is 17.8 Å². The lowest BCUT2D eigenvalue weighted by molar-refractivity contribution is -0.114. The minimum Gasteiger partial charge on any atom is -0.316 e. The van der Waals surface area contributed by atoms with Gasteiger partial charge in [-0.25, -0.2) is 0 Å². The molecule has 1 aliphatic rings. The molecule has 0 bridgehead atoms. The molecule has 0 amide bonds. The molecule has 0 saturated heterocycles. The summed E-state index contributed by atoms with van der Waals surface area (Å²) < 4.78 is 20.9. The highest BCUT2D eigenvalue weighted by molar-refractivity contribution is 7.83. The van der Waals surface area contributed by atoms with Gasteiger partial charge in [0.2, 0.25) is 5.52 Å². The summed E-state index contributed by atoms with van der Waals surface area (Å²) in [4.78, 5) is 13.8. The van der Waals surface area contributed by atoms with E-state index in [1.807, 2.05) is 55.5 Å². The van der Waals surface area contributed by atoms with Crippen molar-refractivity contribution in [2.75, 3.05) is 0 Å². The van der Waals surface area contributed by atoms with Gasteiger partial charge in [0.25, 0.3) is 7.37 Å². The van der Waals surface area contributed by atoms with Crippen LogP contribution in [0.15, 0.2) is 60.7 Å². The summed E-state index contributed by atoms with van der Waals surface area (Å²) >= 11 is 0. The molecule has 2 aromatic carbocycles. The van der Waals surface area contributed by atoms with Gasteiger partial charge in [0.1, 0.15) is 0 Å². The third-order valence-corrected chi connectivity index (χ3v) is 8.98. The molecule has 162 valence electrons. The first-order valence-corrected chi connectivity index (χ1v) is 12.9. The van der Waals surface area contributed by atoms with E-state index in [0.717, 1.165) is 24.8 Å². The van der Waals surface area contributed by atoms with E-state index in [-0.39, 0.29) is 11.6 Å². The Morgan fingerprint density at radius 3 is 2.20 bits per heavy atom. The third-order valence-electron chi connectivity index (χ3n) is 6.54. The van der Waals surface area contributed by atoms with Gasteiger partial charge < -0.3 is 4.52 Å². The molecule has 4 heteroatoms. The molecular formula is C26H35O3P. The second-order valence-corrected chi connectivity index (χ2v) is 11.3. The van der Waals surface area contributed by atoms with E-state index in [4.69, 9.17) is 4.52 Å². The predicted octanol–water partition coefficient (Wildman–Crippen LogP) is 6.79. The molecule has 1 fully saturated rings. The van der Waals surface area contributed by atoms with Crippen molar-refractivity contribution in [1.29, 1.82) is 0 Å². The highest BCUT2D eigenvalue weighted by atomic mass is 31.2. The molecule has 5 atom stereocenters. The van der Waals surface area contributed by atoms with Gasteiger partial charge in [0.05, 0.1) is 12.0 Å². The Balaban J connectivity index is 2.01. The maximum absolute atomic E-state index is 14.5. The van der Waals surface area contributed by atoms with E-state index >= 15 is 0 Å². The molecule has 0 aromatic heterocycles. The lowest BCUT2D eigenvalue weighted by atomic mass is 9.75. The number of carbonyl (C=O) groups excluding carboxylic acids is 1. The van der Waals surface area contributed by atoms with Crippen molar-refractivity contribution >= 4 is 18.2 Å². The van der Waals surface area contributed by atoms with Gasteiger partial charge in [-0.3, -0.25) is 9.36 Å². The summed E-state index contributed by atoms with van der Waals surface area (Å²) in [7, 11) is -3.71. The Bertz CT molecular complexity index is 862. The fourth-order valence-electron chi connectivity index (χ4n) is 4.73. The van der Waals surface area contributed by atoms with Crippen LogP contribution in [-0.2, 0) is 13.9 Å². The fourth-order valence-corrected chi connectivity index (χ4v) is 7.14. The molecule has 0 heterocycles. The van der Waals surface area contributed by atoms with Crippen molar-refractivity contribution in [2.24, 2.45) is 17.8 Å². The van der Waals surface area contributed by atoms with Gasteiger partial charge in [0, 0.05) is 5.30 Å². The quantitative estimate of drug-likeness (QED) is 0.437. The van der Waals surface area contributed by atoms with Crippen molar-refractivity contribution < 1.29 is 13.9 Å². The third kappa shape index (κ3) is 4.95. The molecule has 0 aliphatic heterocycles. The number of benzene rings is 2. The Labute approximate surface area is 181 Å². The zero-order valence-corrected chi connectivity index (χ0v) is 19.6.